The van der Waals surface area contributed by atoms with Crippen LogP contribution in [0.3, 0.4) is 0 Å². The number of phenolic OH excluding ortho intramolecular Hbond substituents is 2. The summed E-state index contributed by atoms with van der Waals surface area (Å²) in [5.41, 5.74) is -0.851. The molecule has 0 fully saturated rings. The van der Waals surface area contributed by atoms with Crippen molar-refractivity contribution in [1.29, 1.82) is 0 Å². The SMILES string of the molecule is CC(=O)c1c(O)c(C)c(O)c2c1OC1=CC(=O)/C(=C(/C)NCCCCCC(=O)Nc3ccc(F)cc3)C(=O)C12C. The summed E-state index contributed by atoms with van der Waals surface area (Å²) in [6.45, 7) is 6.24. The van der Waals surface area contributed by atoms with Crippen LogP contribution in [-0.2, 0) is 19.8 Å². The van der Waals surface area contributed by atoms with Gasteiger partial charge in [0.2, 0.25) is 5.91 Å². The highest BCUT2D eigenvalue weighted by atomic mass is 19.1. The number of Topliss-reactive ketones (excluding diaryl/α,β-unsaturated/α-hetero) is 2. The van der Waals surface area contributed by atoms with Gasteiger partial charge in [0.05, 0.1) is 11.1 Å². The van der Waals surface area contributed by atoms with Crippen LogP contribution in [0.4, 0.5) is 10.1 Å². The van der Waals surface area contributed by atoms with Crippen molar-refractivity contribution in [3.05, 3.63) is 69.9 Å². The second kappa shape index (κ2) is 11.0. The van der Waals surface area contributed by atoms with Crippen molar-refractivity contribution in [3.8, 4) is 17.2 Å². The number of rotatable bonds is 9. The van der Waals surface area contributed by atoms with Gasteiger partial charge in [-0.3, -0.25) is 19.2 Å². The third-order valence-corrected chi connectivity index (χ3v) is 7.36. The molecule has 4 N–H and O–H groups in total. The lowest BCUT2D eigenvalue weighted by molar-refractivity contribution is -0.123. The first-order chi connectivity index (χ1) is 18.9. The first kappa shape index (κ1) is 28.5. The molecule has 0 radical (unpaired) electrons. The number of ketones is 3. The van der Waals surface area contributed by atoms with Crippen LogP contribution in [-0.4, -0.2) is 40.0 Å². The normalized spacial score (nSPS) is 18.9. The minimum atomic E-state index is -1.56. The molecule has 1 aliphatic carbocycles. The number of anilines is 1. The maximum atomic E-state index is 13.8. The second-order valence-corrected chi connectivity index (χ2v) is 10.2. The summed E-state index contributed by atoms with van der Waals surface area (Å²) >= 11 is 0. The average Bonchev–Trinajstić information content (AvgIpc) is 3.18. The van der Waals surface area contributed by atoms with Gasteiger partial charge in [-0.25, -0.2) is 4.39 Å². The van der Waals surface area contributed by atoms with Crippen LogP contribution in [0.25, 0.3) is 0 Å². The number of phenols is 2. The van der Waals surface area contributed by atoms with Crippen LogP contribution in [0.2, 0.25) is 0 Å². The van der Waals surface area contributed by atoms with E-state index in [-0.39, 0.29) is 51.2 Å². The zero-order chi connectivity index (χ0) is 29.4. The van der Waals surface area contributed by atoms with Crippen molar-refractivity contribution in [3.63, 3.8) is 0 Å². The van der Waals surface area contributed by atoms with E-state index < -0.39 is 28.5 Å². The number of carbonyl (C=O) groups is 4. The van der Waals surface area contributed by atoms with Crippen molar-refractivity contribution in [1.82, 2.24) is 5.32 Å². The first-order valence-corrected chi connectivity index (χ1v) is 13.0. The molecule has 2 aromatic carbocycles. The topological polar surface area (TPSA) is 142 Å². The number of aromatic hydroxyl groups is 2. The third-order valence-electron chi connectivity index (χ3n) is 7.36. The molecule has 10 heteroatoms. The van der Waals surface area contributed by atoms with Gasteiger partial charge < -0.3 is 25.6 Å². The molecule has 0 spiro atoms. The quantitative estimate of drug-likeness (QED) is 0.155. The number of ether oxygens (including phenoxy) is 1. The summed E-state index contributed by atoms with van der Waals surface area (Å²) in [4.78, 5) is 51.1. The van der Waals surface area contributed by atoms with Crippen LogP contribution >= 0.6 is 0 Å². The fraction of sp³-hybridized carbons (Fsp3) is 0.333. The fourth-order valence-electron chi connectivity index (χ4n) is 5.07. The molecule has 1 aliphatic heterocycles. The molecule has 2 aromatic rings. The number of halogens is 1. The molecule has 0 aromatic heterocycles. The summed E-state index contributed by atoms with van der Waals surface area (Å²) < 4.78 is 18.8. The van der Waals surface area contributed by atoms with E-state index in [9.17, 15) is 33.8 Å². The smallest absolute Gasteiger partial charge is 0.224 e. The fourth-order valence-corrected chi connectivity index (χ4v) is 5.07. The Balaban J connectivity index is 1.42. The predicted octanol–water partition coefficient (Wildman–Crippen LogP) is 4.50. The highest BCUT2D eigenvalue weighted by Crippen LogP contribution is 2.57. The number of nitrogens with one attached hydrogen (secondary N) is 2. The second-order valence-electron chi connectivity index (χ2n) is 10.2. The van der Waals surface area contributed by atoms with Crippen molar-refractivity contribution < 1.29 is 38.5 Å². The van der Waals surface area contributed by atoms with Gasteiger partial charge >= 0.3 is 0 Å². The van der Waals surface area contributed by atoms with Gasteiger partial charge in [-0.2, -0.15) is 0 Å². The minimum absolute atomic E-state index is 0.0178. The number of benzene rings is 2. The van der Waals surface area contributed by atoms with Crippen LogP contribution in [0, 0.1) is 12.7 Å². The van der Waals surface area contributed by atoms with E-state index in [0.29, 0.717) is 43.6 Å². The molecule has 4 rings (SSSR count). The molecule has 40 heavy (non-hydrogen) atoms. The zero-order valence-electron chi connectivity index (χ0n) is 22.7. The lowest BCUT2D eigenvalue weighted by Crippen LogP contribution is -2.41. The zero-order valence-corrected chi connectivity index (χ0v) is 22.7. The molecule has 0 saturated carbocycles. The maximum Gasteiger partial charge on any atom is 0.224 e. The maximum absolute atomic E-state index is 13.8. The molecule has 210 valence electrons. The largest absolute Gasteiger partial charge is 0.507 e. The van der Waals surface area contributed by atoms with Crippen LogP contribution in [0.1, 0.15) is 67.9 Å². The van der Waals surface area contributed by atoms with Gasteiger partial charge in [-0.1, -0.05) is 6.42 Å². The highest BCUT2D eigenvalue weighted by Gasteiger charge is 2.56. The summed E-state index contributed by atoms with van der Waals surface area (Å²) in [6, 6.07) is 5.52. The Morgan fingerprint density at radius 2 is 1.70 bits per heavy atom. The van der Waals surface area contributed by atoms with E-state index in [1.54, 1.807) is 6.92 Å². The molecular weight excluding hydrogens is 519 g/mol. The Morgan fingerprint density at radius 1 is 1.02 bits per heavy atom. The average molecular weight is 551 g/mol. The van der Waals surface area contributed by atoms with E-state index >= 15 is 0 Å². The number of hydrogen-bond donors (Lipinski definition) is 4. The van der Waals surface area contributed by atoms with Crippen LogP contribution in [0.15, 0.2) is 47.4 Å². The van der Waals surface area contributed by atoms with Crippen LogP contribution in [0.5, 0.6) is 17.2 Å². The number of unbranched alkanes of at least 4 members (excludes halogenated alkanes) is 2. The Labute approximate surface area is 230 Å². The lowest BCUT2D eigenvalue weighted by atomic mass is 9.70. The number of carbonyl (C=O) groups excluding carboxylic acids is 4. The van der Waals surface area contributed by atoms with E-state index in [2.05, 4.69) is 10.6 Å². The lowest BCUT2D eigenvalue weighted by Gasteiger charge is -2.29. The molecule has 1 atom stereocenters. The van der Waals surface area contributed by atoms with Crippen molar-refractivity contribution in [2.45, 2.75) is 58.8 Å². The molecule has 1 heterocycles. The van der Waals surface area contributed by atoms with E-state index in [1.807, 2.05) is 0 Å². The molecule has 1 amide bonds. The number of hydrogen-bond acceptors (Lipinski definition) is 8. The Hall–Kier alpha value is -4.47. The van der Waals surface area contributed by atoms with Gasteiger partial charge in [0.1, 0.15) is 39.8 Å². The van der Waals surface area contributed by atoms with E-state index in [4.69, 9.17) is 4.74 Å². The molecular formula is C30H31FN2O7. The van der Waals surface area contributed by atoms with E-state index in [0.717, 1.165) is 0 Å². The summed E-state index contributed by atoms with van der Waals surface area (Å²) in [5, 5.41) is 27.2. The Bertz CT molecular complexity index is 1490. The van der Waals surface area contributed by atoms with E-state index in [1.165, 1.54) is 51.1 Å². The third kappa shape index (κ3) is 4.97. The van der Waals surface area contributed by atoms with Gasteiger partial charge in [0, 0.05) is 36.0 Å². The van der Waals surface area contributed by atoms with Gasteiger partial charge in [0.15, 0.2) is 17.3 Å². The monoisotopic (exact) mass is 550 g/mol. The van der Waals surface area contributed by atoms with Crippen LogP contribution < -0.4 is 15.4 Å². The van der Waals surface area contributed by atoms with Crippen molar-refractivity contribution >= 4 is 28.9 Å². The Morgan fingerprint density at radius 3 is 2.35 bits per heavy atom. The molecule has 9 nitrogen and oxygen atoms in total. The molecule has 0 saturated heterocycles. The number of amides is 1. The van der Waals surface area contributed by atoms with Gasteiger partial charge in [0.25, 0.3) is 0 Å². The molecule has 0 bridgehead atoms. The predicted molar refractivity (Wildman–Crippen MR) is 145 cm³/mol. The minimum Gasteiger partial charge on any atom is -0.507 e. The Kier molecular flexibility index (Phi) is 7.81. The molecule has 2 aliphatic rings. The van der Waals surface area contributed by atoms with Gasteiger partial charge in [-0.15, -0.1) is 0 Å². The highest BCUT2D eigenvalue weighted by molar-refractivity contribution is 6.31. The number of fused-ring (bicyclic) bond motifs is 3. The van der Waals surface area contributed by atoms with Crippen molar-refractivity contribution in [2.75, 3.05) is 11.9 Å². The summed E-state index contributed by atoms with van der Waals surface area (Å²) in [7, 11) is 0. The molecule has 1 unspecified atom stereocenters. The van der Waals surface area contributed by atoms with Crippen molar-refractivity contribution in [2.24, 2.45) is 0 Å². The first-order valence-electron chi connectivity index (χ1n) is 13.0. The summed E-state index contributed by atoms with van der Waals surface area (Å²) in [5.74, 6) is -3.19. The number of allylic oxidation sites excluding steroid dienone is 4. The standard InChI is InChI=1S/C30H31FN2O7/c1-15-26(37)24(17(3)34)28-25(27(15)38)30(4)21(40-28)14-20(35)23(29(30)39)16(2)32-13-7-5-6-8-22(36)33-19-11-9-18(31)10-12-19/h9-12,14,32,37-38H,5-8,13H2,1-4H3,(H,33,36)/b23-16+. The summed E-state index contributed by atoms with van der Waals surface area (Å²) in [6.07, 6.45) is 3.46. The van der Waals surface area contributed by atoms with Gasteiger partial charge in [-0.05, 0) is 64.8 Å².